The highest BCUT2D eigenvalue weighted by Crippen LogP contribution is 2.29. The highest BCUT2D eigenvalue weighted by atomic mass is 19.3. The maximum Gasteiger partial charge on any atom is 0.268 e. The summed E-state index contributed by atoms with van der Waals surface area (Å²) in [7, 11) is 1.22. The molecular weight excluding hydrogens is 194 g/mol. The summed E-state index contributed by atoms with van der Waals surface area (Å²) >= 11 is 0. The molecule has 0 saturated heterocycles. The van der Waals surface area contributed by atoms with Crippen molar-refractivity contribution in [3.05, 3.63) is 27.7 Å². The highest BCUT2D eigenvalue weighted by Gasteiger charge is 2.18. The van der Waals surface area contributed by atoms with Gasteiger partial charge in [0, 0.05) is 12.7 Å². The molecule has 6 heteroatoms. The van der Waals surface area contributed by atoms with Crippen LogP contribution >= 0.6 is 0 Å². The van der Waals surface area contributed by atoms with Crippen LogP contribution in [0.1, 0.15) is 17.6 Å². The summed E-state index contributed by atoms with van der Waals surface area (Å²) < 4.78 is 29.6. The first-order valence-corrected chi connectivity index (χ1v) is 3.88. The lowest BCUT2D eigenvalue weighted by molar-refractivity contribution is 0.146. The summed E-state index contributed by atoms with van der Waals surface area (Å²) in [6.07, 6.45) is -1.77. The van der Waals surface area contributed by atoms with Gasteiger partial charge in [-0.05, 0) is 0 Å². The van der Waals surface area contributed by atoms with Crippen molar-refractivity contribution in [1.29, 1.82) is 0 Å². The minimum absolute atomic E-state index is 0.0327. The third-order valence-electron chi connectivity index (χ3n) is 1.81. The van der Waals surface area contributed by atoms with Crippen LogP contribution in [0.4, 0.5) is 8.78 Å². The summed E-state index contributed by atoms with van der Waals surface area (Å²) in [6, 6.07) is 0. The van der Waals surface area contributed by atoms with E-state index >= 15 is 0 Å². The van der Waals surface area contributed by atoms with Crippen LogP contribution in [-0.2, 0) is 6.54 Å². The second kappa shape index (κ2) is 4.19. The molecule has 78 valence electrons. The quantitative estimate of drug-likeness (QED) is 0.764. The topological polar surface area (TPSA) is 68.1 Å². The molecule has 1 aromatic heterocycles. The molecule has 0 spiro atoms. The van der Waals surface area contributed by atoms with Crippen molar-refractivity contribution < 1.29 is 13.5 Å². The number of nitrogens with two attached hydrogens (primary N) is 1. The Bertz CT molecular complexity index is 376. The number of ether oxygens (including phenoxy) is 1. The van der Waals surface area contributed by atoms with Gasteiger partial charge < -0.3 is 15.5 Å². The van der Waals surface area contributed by atoms with E-state index in [4.69, 9.17) is 10.5 Å². The van der Waals surface area contributed by atoms with Crippen LogP contribution in [0.15, 0.2) is 11.0 Å². The smallest absolute Gasteiger partial charge is 0.268 e. The van der Waals surface area contributed by atoms with Gasteiger partial charge in [-0.15, -0.1) is 0 Å². The number of pyridine rings is 1. The number of aromatic nitrogens is 1. The Kier molecular flexibility index (Phi) is 3.19. The SMILES string of the molecule is COc1c(C(F)F)c[nH]c(=O)c1CN. The number of alkyl halides is 2. The largest absolute Gasteiger partial charge is 0.496 e. The predicted octanol–water partition coefficient (Wildman–Crippen LogP) is 0.780. The average Bonchev–Trinajstić information content (AvgIpc) is 2.16. The van der Waals surface area contributed by atoms with Crippen LogP contribution in [0.2, 0.25) is 0 Å². The molecule has 0 saturated carbocycles. The monoisotopic (exact) mass is 204 g/mol. The fourth-order valence-electron chi connectivity index (χ4n) is 1.16. The maximum atomic E-state index is 12.4. The van der Waals surface area contributed by atoms with Gasteiger partial charge in [0.25, 0.3) is 12.0 Å². The molecule has 0 aliphatic heterocycles. The van der Waals surface area contributed by atoms with E-state index in [1.807, 2.05) is 0 Å². The van der Waals surface area contributed by atoms with E-state index in [2.05, 4.69) is 4.98 Å². The van der Waals surface area contributed by atoms with Crippen molar-refractivity contribution in [2.75, 3.05) is 7.11 Å². The zero-order valence-electron chi connectivity index (χ0n) is 7.51. The first kappa shape index (κ1) is 10.6. The molecule has 14 heavy (non-hydrogen) atoms. The Hall–Kier alpha value is -1.43. The molecule has 4 nitrogen and oxygen atoms in total. The second-order valence-corrected chi connectivity index (χ2v) is 2.59. The van der Waals surface area contributed by atoms with Gasteiger partial charge in [0.05, 0.1) is 18.2 Å². The van der Waals surface area contributed by atoms with Gasteiger partial charge in [-0.2, -0.15) is 0 Å². The molecule has 1 aromatic rings. The zero-order valence-corrected chi connectivity index (χ0v) is 7.51. The Balaban J connectivity index is 3.40. The molecule has 0 amide bonds. The van der Waals surface area contributed by atoms with Crippen molar-refractivity contribution in [2.45, 2.75) is 13.0 Å². The Labute approximate surface area is 78.7 Å². The van der Waals surface area contributed by atoms with Crippen molar-refractivity contribution >= 4 is 0 Å². The lowest BCUT2D eigenvalue weighted by Gasteiger charge is -2.10. The zero-order chi connectivity index (χ0) is 10.7. The Morgan fingerprint density at radius 2 is 2.29 bits per heavy atom. The van der Waals surface area contributed by atoms with Gasteiger partial charge >= 0.3 is 0 Å². The predicted molar refractivity (Wildman–Crippen MR) is 46.5 cm³/mol. The number of halogens is 2. The van der Waals surface area contributed by atoms with Gasteiger partial charge in [0.1, 0.15) is 5.75 Å². The van der Waals surface area contributed by atoms with Gasteiger partial charge in [0.2, 0.25) is 0 Å². The molecule has 0 aromatic carbocycles. The number of rotatable bonds is 3. The summed E-state index contributed by atoms with van der Waals surface area (Å²) in [5.74, 6) is -0.133. The molecule has 1 heterocycles. The average molecular weight is 204 g/mol. The van der Waals surface area contributed by atoms with Crippen LogP contribution in [0.3, 0.4) is 0 Å². The molecular formula is C8H10F2N2O2. The van der Waals surface area contributed by atoms with Crippen molar-refractivity contribution in [2.24, 2.45) is 5.73 Å². The first-order valence-electron chi connectivity index (χ1n) is 3.88. The molecule has 0 unspecified atom stereocenters. The minimum Gasteiger partial charge on any atom is -0.496 e. The van der Waals surface area contributed by atoms with Gasteiger partial charge in [-0.25, -0.2) is 8.78 Å². The van der Waals surface area contributed by atoms with E-state index in [1.165, 1.54) is 7.11 Å². The molecule has 0 aliphatic carbocycles. The highest BCUT2D eigenvalue weighted by molar-refractivity contribution is 5.39. The molecule has 0 bridgehead atoms. The molecule has 1 rings (SSSR count). The van der Waals surface area contributed by atoms with E-state index in [9.17, 15) is 13.6 Å². The molecule has 0 aliphatic rings. The number of nitrogens with one attached hydrogen (secondary N) is 1. The van der Waals surface area contributed by atoms with Gasteiger partial charge in [0.15, 0.2) is 0 Å². The lowest BCUT2D eigenvalue weighted by Crippen LogP contribution is -2.18. The van der Waals surface area contributed by atoms with Gasteiger partial charge in [-0.1, -0.05) is 0 Å². The fraction of sp³-hybridized carbons (Fsp3) is 0.375. The van der Waals surface area contributed by atoms with Crippen LogP contribution in [0, 0.1) is 0 Å². The van der Waals surface area contributed by atoms with E-state index in [0.717, 1.165) is 6.20 Å². The number of aromatic amines is 1. The van der Waals surface area contributed by atoms with Crippen molar-refractivity contribution in [3.8, 4) is 5.75 Å². The van der Waals surface area contributed by atoms with Crippen LogP contribution < -0.4 is 16.0 Å². The number of H-pyrrole nitrogens is 1. The van der Waals surface area contributed by atoms with E-state index < -0.39 is 12.0 Å². The molecule has 0 radical (unpaired) electrons. The summed E-state index contributed by atoms with van der Waals surface area (Å²) in [5, 5.41) is 0. The van der Waals surface area contributed by atoms with Crippen LogP contribution in [0.5, 0.6) is 5.75 Å². The lowest BCUT2D eigenvalue weighted by atomic mass is 10.1. The molecule has 0 atom stereocenters. The van der Waals surface area contributed by atoms with Crippen molar-refractivity contribution in [3.63, 3.8) is 0 Å². The summed E-state index contributed by atoms with van der Waals surface area (Å²) in [5.41, 5.74) is 4.42. The Morgan fingerprint density at radius 1 is 1.64 bits per heavy atom. The van der Waals surface area contributed by atoms with E-state index in [0.29, 0.717) is 0 Å². The number of methoxy groups -OCH3 is 1. The van der Waals surface area contributed by atoms with Crippen LogP contribution in [0.25, 0.3) is 0 Å². The second-order valence-electron chi connectivity index (χ2n) is 2.59. The van der Waals surface area contributed by atoms with E-state index in [1.54, 1.807) is 0 Å². The van der Waals surface area contributed by atoms with Gasteiger partial charge in [-0.3, -0.25) is 4.79 Å². The third-order valence-corrected chi connectivity index (χ3v) is 1.81. The summed E-state index contributed by atoms with van der Waals surface area (Å²) in [6.45, 7) is -0.140. The molecule has 0 fully saturated rings. The first-order chi connectivity index (χ1) is 6.61. The number of hydrogen-bond acceptors (Lipinski definition) is 3. The minimum atomic E-state index is -2.70. The fourth-order valence-corrected chi connectivity index (χ4v) is 1.16. The number of hydrogen-bond donors (Lipinski definition) is 2. The normalized spacial score (nSPS) is 10.6. The third kappa shape index (κ3) is 1.74. The maximum absolute atomic E-state index is 12.4. The van der Waals surface area contributed by atoms with Crippen LogP contribution in [-0.4, -0.2) is 12.1 Å². The van der Waals surface area contributed by atoms with Crippen molar-refractivity contribution in [1.82, 2.24) is 4.98 Å². The standard InChI is InChI=1S/C8H10F2N2O2/c1-14-6-4(2-11)8(13)12-3-5(6)7(9)10/h3,7H,2,11H2,1H3,(H,12,13). The summed E-state index contributed by atoms with van der Waals surface area (Å²) in [4.78, 5) is 13.3. The van der Waals surface area contributed by atoms with E-state index in [-0.39, 0.29) is 23.4 Å². The Morgan fingerprint density at radius 3 is 2.71 bits per heavy atom. The molecule has 3 N–H and O–H groups in total.